The highest BCUT2D eigenvalue weighted by molar-refractivity contribution is 7.03. The lowest BCUT2D eigenvalue weighted by Crippen LogP contribution is -2.47. The molecule has 1 fully saturated rings. The molecule has 2 N–H and O–H groups in total. The van der Waals surface area contributed by atoms with Gasteiger partial charge in [-0.2, -0.15) is 0 Å². The molecule has 8 nitrogen and oxygen atoms in total. The fourth-order valence-electron chi connectivity index (χ4n) is 3.89. The summed E-state index contributed by atoms with van der Waals surface area (Å²) < 4.78 is 9.79. The smallest absolute Gasteiger partial charge is 0.265 e. The van der Waals surface area contributed by atoms with E-state index >= 15 is 0 Å². The first-order chi connectivity index (χ1) is 15.4. The Morgan fingerprint density at radius 1 is 1.25 bits per heavy atom. The van der Waals surface area contributed by atoms with Gasteiger partial charge < -0.3 is 9.64 Å². The third-order valence-electron chi connectivity index (χ3n) is 6.05. The van der Waals surface area contributed by atoms with Gasteiger partial charge in [0.25, 0.3) is 5.91 Å². The molecule has 2 unspecified atom stereocenters. The molecule has 2 atom stereocenters. The van der Waals surface area contributed by atoms with Crippen LogP contribution in [0.1, 0.15) is 31.4 Å². The Balaban J connectivity index is 1.39. The largest absolute Gasteiger partial charge is 0.489 e. The number of nitrogens with one attached hydrogen (secondary N) is 1. The summed E-state index contributed by atoms with van der Waals surface area (Å²) in [6, 6.07) is 14.8. The third-order valence-corrected chi connectivity index (χ3v) is 6.55. The van der Waals surface area contributed by atoms with E-state index in [1.807, 2.05) is 60.8 Å². The van der Waals surface area contributed by atoms with Crippen LogP contribution in [0.25, 0.3) is 11.3 Å². The zero-order valence-electron chi connectivity index (χ0n) is 17.8. The summed E-state index contributed by atoms with van der Waals surface area (Å²) in [6.45, 7) is 4.36. The molecule has 2 aromatic carbocycles. The second kappa shape index (κ2) is 9.05. The number of nitrogens with zero attached hydrogens (tertiary/aromatic N) is 3. The number of likely N-dealkylation sites (tertiary alicyclic amines) is 1. The van der Waals surface area contributed by atoms with Crippen molar-refractivity contribution in [2.45, 2.75) is 38.3 Å². The van der Waals surface area contributed by atoms with Crippen LogP contribution < -0.4 is 10.2 Å². The summed E-state index contributed by atoms with van der Waals surface area (Å²) in [5.41, 5.74) is 4.68. The van der Waals surface area contributed by atoms with Gasteiger partial charge in [-0.1, -0.05) is 40.9 Å². The van der Waals surface area contributed by atoms with Crippen LogP contribution in [0.3, 0.4) is 0 Å². The number of benzene rings is 2. The Morgan fingerprint density at radius 3 is 2.59 bits per heavy atom. The second-order valence-electron chi connectivity index (χ2n) is 8.03. The van der Waals surface area contributed by atoms with Gasteiger partial charge in [-0.15, -0.1) is 5.10 Å². The summed E-state index contributed by atoms with van der Waals surface area (Å²) in [5, 5.41) is 14.8. The molecule has 0 aliphatic carbocycles. The lowest BCUT2D eigenvalue weighted by Gasteiger charge is -2.27. The first-order valence-electron chi connectivity index (χ1n) is 10.3. The number of carbonyl (C=O) groups is 2. The summed E-state index contributed by atoms with van der Waals surface area (Å²) in [7, 11) is 0. The predicted molar refractivity (Wildman–Crippen MR) is 119 cm³/mol. The molecule has 1 aliphatic rings. The molecule has 2 heterocycles. The Hall–Kier alpha value is -3.30. The van der Waals surface area contributed by atoms with Crippen LogP contribution in [-0.4, -0.2) is 44.1 Å². The van der Waals surface area contributed by atoms with E-state index in [0.29, 0.717) is 25.3 Å². The van der Waals surface area contributed by atoms with Crippen molar-refractivity contribution in [1.82, 2.24) is 20.0 Å². The minimum atomic E-state index is -0.727. The van der Waals surface area contributed by atoms with Crippen molar-refractivity contribution in [3.63, 3.8) is 0 Å². The maximum absolute atomic E-state index is 13.0. The molecule has 0 saturated carbocycles. The van der Waals surface area contributed by atoms with Crippen LogP contribution in [0.15, 0.2) is 53.9 Å². The van der Waals surface area contributed by atoms with Gasteiger partial charge in [0.05, 0.1) is 5.41 Å². The lowest BCUT2D eigenvalue weighted by molar-refractivity contribution is -0.143. The van der Waals surface area contributed by atoms with Crippen LogP contribution in [0.5, 0.6) is 5.75 Å². The van der Waals surface area contributed by atoms with E-state index < -0.39 is 17.4 Å². The average Bonchev–Trinajstić information content (AvgIpc) is 3.47. The van der Waals surface area contributed by atoms with Crippen LogP contribution in [0.2, 0.25) is 0 Å². The zero-order chi connectivity index (χ0) is 22.7. The number of rotatable bonds is 7. The fraction of sp³-hybridized carbons (Fsp3) is 0.304. The molecular formula is C23H24N4O4S. The van der Waals surface area contributed by atoms with Crippen molar-refractivity contribution in [1.29, 1.82) is 0 Å². The van der Waals surface area contributed by atoms with Crippen molar-refractivity contribution >= 4 is 23.3 Å². The van der Waals surface area contributed by atoms with E-state index in [9.17, 15) is 9.59 Å². The van der Waals surface area contributed by atoms with Crippen molar-refractivity contribution in [3.05, 3.63) is 65.0 Å². The fourth-order valence-corrected chi connectivity index (χ4v) is 4.35. The molecule has 166 valence electrons. The average molecular weight is 453 g/mol. The molecular weight excluding hydrogens is 428 g/mol. The normalized spacial score (nSPS) is 19.1. The van der Waals surface area contributed by atoms with Gasteiger partial charge in [-0.25, -0.2) is 5.48 Å². The number of amides is 2. The third kappa shape index (κ3) is 4.21. The Bertz CT molecular complexity index is 1090. The van der Waals surface area contributed by atoms with E-state index in [2.05, 4.69) is 9.59 Å². The van der Waals surface area contributed by atoms with Gasteiger partial charge in [0.1, 0.15) is 24.1 Å². The lowest BCUT2D eigenvalue weighted by atomic mass is 9.81. The summed E-state index contributed by atoms with van der Waals surface area (Å²) in [4.78, 5) is 26.3. The molecule has 1 aliphatic heterocycles. The van der Waals surface area contributed by atoms with E-state index in [4.69, 9.17) is 9.94 Å². The number of hydroxylamine groups is 1. The van der Waals surface area contributed by atoms with E-state index in [0.717, 1.165) is 22.4 Å². The topological polar surface area (TPSA) is 105 Å². The predicted octanol–water partition coefficient (Wildman–Crippen LogP) is 3.17. The van der Waals surface area contributed by atoms with Crippen LogP contribution in [0, 0.1) is 0 Å². The number of aromatic nitrogens is 2. The van der Waals surface area contributed by atoms with E-state index in [1.165, 1.54) is 16.4 Å². The highest BCUT2D eigenvalue weighted by atomic mass is 32.1. The van der Waals surface area contributed by atoms with Crippen molar-refractivity contribution < 1.29 is 19.5 Å². The monoisotopic (exact) mass is 452 g/mol. The maximum Gasteiger partial charge on any atom is 0.265 e. The standard InChI is InChI=1S/C23H24N4O4S/c1-15(21(28)25-30)27-12-11-23(2,22(27)29)18-7-9-19(10-8-18)31-13-16-3-5-17(6-4-16)20-14-32-26-24-20/h3-10,14-15,30H,11-13H2,1-2H3,(H,25,28). The molecule has 1 saturated heterocycles. The molecule has 9 heteroatoms. The quantitative estimate of drug-likeness (QED) is 0.421. The van der Waals surface area contributed by atoms with Crippen molar-refractivity contribution in [2.75, 3.05) is 6.54 Å². The number of hydrogen-bond donors (Lipinski definition) is 2. The maximum atomic E-state index is 13.0. The molecule has 3 aromatic rings. The van der Waals surface area contributed by atoms with Crippen LogP contribution >= 0.6 is 11.5 Å². The summed E-state index contributed by atoms with van der Waals surface area (Å²) in [6.07, 6.45) is 0.593. The Kier molecular flexibility index (Phi) is 6.20. The molecule has 4 rings (SSSR count). The Labute approximate surface area is 190 Å². The molecule has 0 radical (unpaired) electrons. The zero-order valence-corrected chi connectivity index (χ0v) is 18.6. The summed E-state index contributed by atoms with van der Waals surface area (Å²) in [5.74, 6) is -0.0132. The SMILES string of the molecule is CC(C(=O)NO)N1CCC(C)(c2ccc(OCc3ccc(-c4csnn4)cc3)cc2)C1=O. The summed E-state index contributed by atoms with van der Waals surface area (Å²) >= 11 is 1.32. The van der Waals surface area contributed by atoms with Crippen LogP contribution in [0.4, 0.5) is 0 Å². The van der Waals surface area contributed by atoms with Gasteiger partial charge in [0.2, 0.25) is 5.91 Å². The van der Waals surface area contributed by atoms with Gasteiger partial charge in [0, 0.05) is 17.5 Å². The molecule has 1 aromatic heterocycles. The van der Waals surface area contributed by atoms with E-state index in [-0.39, 0.29) is 5.91 Å². The second-order valence-corrected chi connectivity index (χ2v) is 8.64. The highest BCUT2D eigenvalue weighted by Crippen LogP contribution is 2.37. The molecule has 0 bridgehead atoms. The highest BCUT2D eigenvalue weighted by Gasteiger charge is 2.46. The van der Waals surface area contributed by atoms with Gasteiger partial charge in [-0.3, -0.25) is 14.8 Å². The molecule has 2 amide bonds. The number of carbonyl (C=O) groups excluding carboxylic acids is 2. The Morgan fingerprint density at radius 2 is 1.97 bits per heavy atom. The van der Waals surface area contributed by atoms with E-state index in [1.54, 1.807) is 12.4 Å². The molecule has 32 heavy (non-hydrogen) atoms. The minimum absolute atomic E-state index is 0.127. The number of ether oxygens (including phenoxy) is 1. The van der Waals surface area contributed by atoms with Crippen molar-refractivity contribution in [2.24, 2.45) is 0 Å². The van der Waals surface area contributed by atoms with Gasteiger partial charge >= 0.3 is 0 Å². The molecule has 0 spiro atoms. The minimum Gasteiger partial charge on any atom is -0.489 e. The number of hydrogen-bond acceptors (Lipinski definition) is 7. The van der Waals surface area contributed by atoms with Crippen molar-refractivity contribution in [3.8, 4) is 17.0 Å². The van der Waals surface area contributed by atoms with Gasteiger partial charge in [-0.05, 0) is 55.1 Å². The first-order valence-corrected chi connectivity index (χ1v) is 11.1. The van der Waals surface area contributed by atoms with Gasteiger partial charge in [0.15, 0.2) is 0 Å². The van der Waals surface area contributed by atoms with Crippen LogP contribution in [-0.2, 0) is 21.6 Å². The first kappa shape index (κ1) is 21.9.